The molecule has 0 aliphatic heterocycles. The van der Waals surface area contributed by atoms with Gasteiger partial charge in [0.25, 0.3) is 0 Å². The number of nitrogens with two attached hydrogens (primary N) is 1. The lowest BCUT2D eigenvalue weighted by atomic mass is 10.2. The van der Waals surface area contributed by atoms with Gasteiger partial charge in [-0.15, -0.1) is 0 Å². The normalized spacial score (nSPS) is 11.3. The number of primary amides is 1. The van der Waals surface area contributed by atoms with Crippen LogP contribution in [0, 0.1) is 0 Å². The second-order valence-corrected chi connectivity index (χ2v) is 1.69. The first kappa shape index (κ1) is 11.6. The van der Waals surface area contributed by atoms with Crippen molar-refractivity contribution in [3.05, 3.63) is 0 Å². The predicted octanol–water partition coefficient (Wildman–Crippen LogP) is -4.60. The molecule has 0 spiro atoms. The molecule has 0 heterocycles. The minimum atomic E-state index is -1.35. The molecule has 0 bridgehead atoms. The lowest BCUT2D eigenvalue weighted by Gasteiger charge is -2.04. The molecule has 1 unspecified atom stereocenters. The zero-order chi connectivity index (χ0) is 7.44. The van der Waals surface area contributed by atoms with Gasteiger partial charge in [0, 0.05) is 0 Å². The highest BCUT2D eigenvalue weighted by Crippen LogP contribution is 1.79. The molecule has 0 aliphatic carbocycles. The first-order valence-electron chi connectivity index (χ1n) is 2.36. The van der Waals surface area contributed by atoms with E-state index in [4.69, 9.17) is 0 Å². The molecule has 0 radical (unpaired) electrons. The highest BCUT2D eigenvalue weighted by Gasteiger charge is 2.09. The van der Waals surface area contributed by atoms with Gasteiger partial charge in [-0.05, 0) is 0 Å². The Balaban J connectivity index is 0. The van der Waals surface area contributed by atoms with Crippen LogP contribution in [0.3, 0.4) is 0 Å². The van der Waals surface area contributed by atoms with E-state index in [1.54, 1.807) is 0 Å². The summed E-state index contributed by atoms with van der Waals surface area (Å²) in [5.41, 5.74) is 7.78. The second-order valence-electron chi connectivity index (χ2n) is 1.69. The summed E-state index contributed by atoms with van der Waals surface area (Å²) in [5.74, 6) is -2.03. The van der Waals surface area contributed by atoms with Crippen LogP contribution in [0.1, 0.15) is 6.42 Å². The number of aliphatic carboxylic acids is 1. The summed E-state index contributed by atoms with van der Waals surface area (Å²) in [7, 11) is 0. The van der Waals surface area contributed by atoms with E-state index in [9.17, 15) is 14.7 Å². The number of carbonyl (C=O) groups excluding carboxylic acids is 2. The van der Waals surface area contributed by atoms with E-state index in [2.05, 4.69) is 11.5 Å². The Morgan fingerprint density at radius 2 is 2.00 bits per heavy atom. The van der Waals surface area contributed by atoms with Gasteiger partial charge in [-0.1, -0.05) is 0 Å². The minimum absolute atomic E-state index is 0. The fourth-order valence-electron chi connectivity index (χ4n) is 0.326. The average molecular weight is 150 g/mol. The molecule has 0 aromatic carbocycles. The Morgan fingerprint density at radius 3 is 2.10 bits per heavy atom. The molecule has 1 atom stereocenters. The van der Waals surface area contributed by atoms with E-state index < -0.39 is 17.9 Å². The lowest BCUT2D eigenvalue weighted by Crippen LogP contribution is -2.69. The van der Waals surface area contributed by atoms with Crippen molar-refractivity contribution in [3.63, 3.8) is 0 Å². The zero-order valence-corrected chi connectivity index (χ0v) is 5.29. The van der Waals surface area contributed by atoms with Crippen LogP contribution in [0.4, 0.5) is 0 Å². The van der Waals surface area contributed by atoms with Crippen molar-refractivity contribution in [1.29, 1.82) is 0 Å². The van der Waals surface area contributed by atoms with Crippen LogP contribution in [-0.4, -0.2) is 23.4 Å². The van der Waals surface area contributed by atoms with Gasteiger partial charge in [-0.3, -0.25) is 4.79 Å². The predicted molar refractivity (Wildman–Crippen MR) is 29.1 cm³/mol. The SMILES string of the molecule is NC(=O)CC([NH3+])C(=O)[O-].O. The van der Waals surface area contributed by atoms with Crippen LogP contribution in [0.2, 0.25) is 0 Å². The Labute approximate surface area is 57.1 Å². The molecule has 60 valence electrons. The van der Waals surface area contributed by atoms with E-state index in [0.717, 1.165) is 0 Å². The Hall–Kier alpha value is -1.14. The molecule has 0 saturated heterocycles. The molecule has 0 aromatic rings. The summed E-state index contributed by atoms with van der Waals surface area (Å²) in [6.45, 7) is 0. The van der Waals surface area contributed by atoms with Gasteiger partial charge in [0.1, 0.15) is 6.04 Å². The molecule has 10 heavy (non-hydrogen) atoms. The number of carboxylic acid groups (broad SMARTS) is 1. The van der Waals surface area contributed by atoms with Gasteiger partial charge in [0.05, 0.1) is 12.4 Å². The molecule has 0 fully saturated rings. The van der Waals surface area contributed by atoms with Crippen LogP contribution in [0.15, 0.2) is 0 Å². The maximum absolute atomic E-state index is 10.0. The topological polar surface area (TPSA) is 142 Å². The van der Waals surface area contributed by atoms with Crippen LogP contribution in [0.5, 0.6) is 0 Å². The third kappa shape index (κ3) is 5.01. The van der Waals surface area contributed by atoms with Gasteiger partial charge in [0.15, 0.2) is 0 Å². The first-order chi connectivity index (χ1) is 4.04. The molecule has 0 aliphatic rings. The van der Waals surface area contributed by atoms with Gasteiger partial charge in [-0.25, -0.2) is 0 Å². The number of carbonyl (C=O) groups is 2. The number of amides is 1. The molecule has 0 saturated carbocycles. The number of rotatable bonds is 3. The van der Waals surface area contributed by atoms with Crippen molar-refractivity contribution < 1.29 is 25.9 Å². The van der Waals surface area contributed by atoms with Crippen LogP contribution < -0.4 is 16.6 Å². The maximum atomic E-state index is 10.0. The summed E-state index contributed by atoms with van der Waals surface area (Å²) in [6, 6.07) is -1.03. The third-order valence-corrected chi connectivity index (χ3v) is 0.781. The number of quaternary nitrogens is 1. The Bertz CT molecular complexity index is 135. The summed E-state index contributed by atoms with van der Waals surface area (Å²) >= 11 is 0. The summed E-state index contributed by atoms with van der Waals surface area (Å²) < 4.78 is 0. The monoisotopic (exact) mass is 150 g/mol. The number of carboxylic acids is 1. The zero-order valence-electron chi connectivity index (χ0n) is 5.29. The summed E-state index contributed by atoms with van der Waals surface area (Å²) in [5, 5.41) is 9.85. The minimum Gasteiger partial charge on any atom is -0.544 e. The van der Waals surface area contributed by atoms with Crippen molar-refractivity contribution in [1.82, 2.24) is 0 Å². The van der Waals surface area contributed by atoms with Crippen LogP contribution >= 0.6 is 0 Å². The molecular weight excluding hydrogens is 140 g/mol. The van der Waals surface area contributed by atoms with Gasteiger partial charge in [0.2, 0.25) is 5.91 Å². The van der Waals surface area contributed by atoms with E-state index in [-0.39, 0.29) is 11.9 Å². The molecule has 7 N–H and O–H groups in total. The summed E-state index contributed by atoms with van der Waals surface area (Å²) in [6.07, 6.45) is -0.262. The van der Waals surface area contributed by atoms with Crippen molar-refractivity contribution >= 4 is 11.9 Å². The number of hydrogen-bond donors (Lipinski definition) is 2. The highest BCUT2D eigenvalue weighted by atomic mass is 16.4. The van der Waals surface area contributed by atoms with Crippen molar-refractivity contribution in [2.45, 2.75) is 12.5 Å². The van der Waals surface area contributed by atoms with Crippen molar-refractivity contribution in [3.8, 4) is 0 Å². The van der Waals surface area contributed by atoms with E-state index in [1.807, 2.05) is 0 Å². The van der Waals surface area contributed by atoms with Crippen LogP contribution in [-0.2, 0) is 9.59 Å². The average Bonchev–Trinajstić information content (AvgIpc) is 1.63. The van der Waals surface area contributed by atoms with Gasteiger partial charge < -0.3 is 26.8 Å². The van der Waals surface area contributed by atoms with Crippen molar-refractivity contribution in [2.75, 3.05) is 0 Å². The Kier molecular flexibility index (Phi) is 5.48. The largest absolute Gasteiger partial charge is 0.544 e. The second kappa shape index (κ2) is 4.71. The fourth-order valence-corrected chi connectivity index (χ4v) is 0.326. The van der Waals surface area contributed by atoms with Crippen molar-refractivity contribution in [2.24, 2.45) is 5.73 Å². The van der Waals surface area contributed by atoms with E-state index >= 15 is 0 Å². The lowest BCUT2D eigenvalue weighted by molar-refractivity contribution is -0.436. The van der Waals surface area contributed by atoms with E-state index in [1.165, 1.54) is 0 Å². The molecule has 6 heteroatoms. The smallest absolute Gasteiger partial charge is 0.223 e. The highest BCUT2D eigenvalue weighted by molar-refractivity contribution is 5.81. The summed E-state index contributed by atoms with van der Waals surface area (Å²) in [4.78, 5) is 19.9. The molecule has 0 rings (SSSR count). The fraction of sp³-hybridized carbons (Fsp3) is 0.500. The molecule has 0 aromatic heterocycles. The van der Waals surface area contributed by atoms with Gasteiger partial charge in [-0.2, -0.15) is 0 Å². The first-order valence-corrected chi connectivity index (χ1v) is 2.36. The van der Waals surface area contributed by atoms with E-state index in [0.29, 0.717) is 0 Å². The molecule has 6 nitrogen and oxygen atoms in total. The van der Waals surface area contributed by atoms with Crippen LogP contribution in [0.25, 0.3) is 0 Å². The standard InChI is InChI=1S/C4H8N2O3.H2O/c5-2(4(8)9)1-3(6)7;/h2H,1,5H2,(H2,6,7)(H,8,9);1H2. The molecule has 1 amide bonds. The Morgan fingerprint density at radius 1 is 1.60 bits per heavy atom. The maximum Gasteiger partial charge on any atom is 0.223 e. The number of hydrogen-bond acceptors (Lipinski definition) is 3. The molecular formula is C4H10N2O4. The quantitative estimate of drug-likeness (QED) is 0.417. The van der Waals surface area contributed by atoms with Gasteiger partial charge >= 0.3 is 0 Å². The third-order valence-electron chi connectivity index (χ3n) is 0.781.